The van der Waals surface area contributed by atoms with Crippen LogP contribution in [0, 0.1) is 10.1 Å². The smallest absolute Gasteiger partial charge is 0.275 e. The molecule has 110 valence electrons. The summed E-state index contributed by atoms with van der Waals surface area (Å²) in [7, 11) is 0. The summed E-state index contributed by atoms with van der Waals surface area (Å²) in [6, 6.07) is 4.64. The van der Waals surface area contributed by atoms with Crippen molar-refractivity contribution in [2.45, 2.75) is 38.1 Å². The Morgan fingerprint density at radius 2 is 2.10 bits per heavy atom. The SMILES string of the molecule is CCOc1cc(NC2(CO)CCCC2)cc([N+](=O)[O-])c1. The van der Waals surface area contributed by atoms with Crippen molar-refractivity contribution in [2.75, 3.05) is 18.5 Å². The molecule has 2 N–H and O–H groups in total. The second-order valence-corrected chi connectivity index (χ2v) is 5.18. The van der Waals surface area contributed by atoms with Gasteiger partial charge < -0.3 is 15.2 Å². The number of ether oxygens (including phenoxy) is 1. The third kappa shape index (κ3) is 3.19. The fourth-order valence-corrected chi connectivity index (χ4v) is 2.69. The van der Waals surface area contributed by atoms with Crippen LogP contribution >= 0.6 is 0 Å². The molecule has 1 aliphatic carbocycles. The van der Waals surface area contributed by atoms with E-state index in [1.54, 1.807) is 6.07 Å². The maximum atomic E-state index is 11.0. The van der Waals surface area contributed by atoms with Crippen LogP contribution in [0.25, 0.3) is 0 Å². The molecule has 0 bridgehead atoms. The number of nitro groups is 1. The molecular formula is C14H20N2O4. The lowest BCUT2D eigenvalue weighted by molar-refractivity contribution is -0.384. The Balaban J connectivity index is 2.27. The van der Waals surface area contributed by atoms with Crippen molar-refractivity contribution in [1.82, 2.24) is 0 Å². The van der Waals surface area contributed by atoms with Gasteiger partial charge in [-0.25, -0.2) is 0 Å². The average molecular weight is 280 g/mol. The van der Waals surface area contributed by atoms with Gasteiger partial charge in [0.15, 0.2) is 0 Å². The molecule has 0 unspecified atom stereocenters. The molecule has 6 nitrogen and oxygen atoms in total. The molecule has 1 aromatic carbocycles. The third-order valence-corrected chi connectivity index (χ3v) is 3.69. The minimum Gasteiger partial charge on any atom is -0.494 e. The van der Waals surface area contributed by atoms with Gasteiger partial charge in [0, 0.05) is 17.8 Å². The fourth-order valence-electron chi connectivity index (χ4n) is 2.69. The zero-order chi connectivity index (χ0) is 14.6. The molecule has 0 atom stereocenters. The number of nitrogens with one attached hydrogen (secondary N) is 1. The van der Waals surface area contributed by atoms with Crippen LogP contribution in [0.15, 0.2) is 18.2 Å². The summed E-state index contributed by atoms with van der Waals surface area (Å²) in [5.41, 5.74) is 0.252. The Hall–Kier alpha value is -1.82. The van der Waals surface area contributed by atoms with E-state index in [0.29, 0.717) is 18.0 Å². The Morgan fingerprint density at radius 3 is 2.65 bits per heavy atom. The summed E-state index contributed by atoms with van der Waals surface area (Å²) in [5, 5.41) is 23.8. The molecule has 1 fully saturated rings. The molecule has 0 radical (unpaired) electrons. The van der Waals surface area contributed by atoms with Gasteiger partial charge >= 0.3 is 0 Å². The number of benzene rings is 1. The first kappa shape index (κ1) is 14.6. The van der Waals surface area contributed by atoms with E-state index in [1.807, 2.05) is 6.92 Å². The van der Waals surface area contributed by atoms with Gasteiger partial charge in [-0.05, 0) is 19.8 Å². The molecule has 0 heterocycles. The quantitative estimate of drug-likeness (QED) is 0.618. The Kier molecular flexibility index (Phi) is 4.44. The number of anilines is 1. The summed E-state index contributed by atoms with van der Waals surface area (Å²) in [5.74, 6) is 0.468. The lowest BCUT2D eigenvalue weighted by Crippen LogP contribution is -2.39. The second kappa shape index (κ2) is 6.09. The number of rotatable bonds is 6. The zero-order valence-electron chi connectivity index (χ0n) is 11.6. The first-order chi connectivity index (χ1) is 9.58. The molecule has 1 aliphatic rings. The van der Waals surface area contributed by atoms with Crippen molar-refractivity contribution < 1.29 is 14.8 Å². The van der Waals surface area contributed by atoms with Crippen LogP contribution in [-0.2, 0) is 0 Å². The molecular weight excluding hydrogens is 260 g/mol. The highest BCUT2D eigenvalue weighted by molar-refractivity contribution is 5.57. The molecule has 20 heavy (non-hydrogen) atoms. The summed E-state index contributed by atoms with van der Waals surface area (Å²) in [6.45, 7) is 2.31. The first-order valence-corrected chi connectivity index (χ1v) is 6.90. The highest BCUT2D eigenvalue weighted by Crippen LogP contribution is 2.35. The standard InChI is InChI=1S/C14H20N2O4/c1-2-20-13-8-11(7-12(9-13)16(18)19)15-14(10-17)5-3-4-6-14/h7-9,15,17H,2-6,10H2,1H3. The third-order valence-electron chi connectivity index (χ3n) is 3.69. The Morgan fingerprint density at radius 1 is 1.40 bits per heavy atom. The number of nitro benzene ring substituents is 1. The van der Waals surface area contributed by atoms with Crippen molar-refractivity contribution in [3.05, 3.63) is 28.3 Å². The molecule has 0 amide bonds. The largest absolute Gasteiger partial charge is 0.494 e. The summed E-state index contributed by atoms with van der Waals surface area (Å²) >= 11 is 0. The van der Waals surface area contributed by atoms with E-state index in [4.69, 9.17) is 4.74 Å². The molecule has 0 saturated heterocycles. The van der Waals surface area contributed by atoms with Crippen molar-refractivity contribution >= 4 is 11.4 Å². The van der Waals surface area contributed by atoms with E-state index < -0.39 is 4.92 Å². The fraction of sp³-hybridized carbons (Fsp3) is 0.571. The van der Waals surface area contributed by atoms with Gasteiger partial charge in [0.2, 0.25) is 0 Å². The molecule has 6 heteroatoms. The normalized spacial score (nSPS) is 16.9. The summed E-state index contributed by atoms with van der Waals surface area (Å²) in [4.78, 5) is 10.5. The number of hydrogen-bond donors (Lipinski definition) is 2. The average Bonchev–Trinajstić information content (AvgIpc) is 2.88. The van der Waals surface area contributed by atoms with Gasteiger partial charge in [0.1, 0.15) is 5.75 Å². The van der Waals surface area contributed by atoms with Gasteiger partial charge in [-0.3, -0.25) is 10.1 Å². The van der Waals surface area contributed by atoms with E-state index in [-0.39, 0.29) is 17.8 Å². The number of nitrogens with zero attached hydrogens (tertiary/aromatic N) is 1. The number of hydrogen-bond acceptors (Lipinski definition) is 5. The zero-order valence-corrected chi connectivity index (χ0v) is 11.6. The molecule has 0 aliphatic heterocycles. The van der Waals surface area contributed by atoms with Gasteiger partial charge in [0.25, 0.3) is 5.69 Å². The highest BCUT2D eigenvalue weighted by atomic mass is 16.6. The number of aliphatic hydroxyl groups excluding tert-OH is 1. The van der Waals surface area contributed by atoms with E-state index in [2.05, 4.69) is 5.32 Å². The Labute approximate surface area is 117 Å². The van der Waals surface area contributed by atoms with Crippen molar-refractivity contribution in [3.63, 3.8) is 0 Å². The van der Waals surface area contributed by atoms with Crippen LogP contribution in [0.5, 0.6) is 5.75 Å². The van der Waals surface area contributed by atoms with Crippen LogP contribution in [0.2, 0.25) is 0 Å². The maximum Gasteiger partial charge on any atom is 0.275 e. The van der Waals surface area contributed by atoms with Crippen LogP contribution in [-0.4, -0.2) is 28.8 Å². The maximum absolute atomic E-state index is 11.0. The lowest BCUT2D eigenvalue weighted by atomic mass is 9.98. The monoisotopic (exact) mass is 280 g/mol. The van der Waals surface area contributed by atoms with Gasteiger partial charge in [-0.2, -0.15) is 0 Å². The van der Waals surface area contributed by atoms with E-state index in [1.165, 1.54) is 12.1 Å². The van der Waals surface area contributed by atoms with Gasteiger partial charge in [-0.1, -0.05) is 12.8 Å². The lowest BCUT2D eigenvalue weighted by Gasteiger charge is -2.29. The van der Waals surface area contributed by atoms with Crippen LogP contribution in [0.1, 0.15) is 32.6 Å². The minimum atomic E-state index is -0.437. The number of non-ortho nitro benzene ring substituents is 1. The van der Waals surface area contributed by atoms with Crippen molar-refractivity contribution in [2.24, 2.45) is 0 Å². The highest BCUT2D eigenvalue weighted by Gasteiger charge is 2.33. The molecule has 0 spiro atoms. The second-order valence-electron chi connectivity index (χ2n) is 5.18. The van der Waals surface area contributed by atoms with Crippen molar-refractivity contribution in [1.29, 1.82) is 0 Å². The first-order valence-electron chi connectivity index (χ1n) is 6.90. The molecule has 1 saturated carbocycles. The molecule has 0 aromatic heterocycles. The van der Waals surface area contributed by atoms with E-state index >= 15 is 0 Å². The minimum absolute atomic E-state index is 0.00969. The molecule has 2 rings (SSSR count). The summed E-state index contributed by atoms with van der Waals surface area (Å²) in [6.07, 6.45) is 3.86. The predicted molar refractivity (Wildman–Crippen MR) is 76.2 cm³/mol. The predicted octanol–water partition coefficient (Wildman–Crippen LogP) is 2.71. The Bertz CT molecular complexity index is 484. The van der Waals surface area contributed by atoms with Crippen LogP contribution < -0.4 is 10.1 Å². The van der Waals surface area contributed by atoms with Crippen LogP contribution in [0.4, 0.5) is 11.4 Å². The molecule has 1 aromatic rings. The van der Waals surface area contributed by atoms with Gasteiger partial charge in [-0.15, -0.1) is 0 Å². The van der Waals surface area contributed by atoms with Crippen molar-refractivity contribution in [3.8, 4) is 5.75 Å². The van der Waals surface area contributed by atoms with Crippen LogP contribution in [0.3, 0.4) is 0 Å². The van der Waals surface area contributed by atoms with E-state index in [9.17, 15) is 15.2 Å². The van der Waals surface area contributed by atoms with Gasteiger partial charge in [0.05, 0.1) is 29.7 Å². The van der Waals surface area contributed by atoms with E-state index in [0.717, 1.165) is 25.7 Å². The summed E-state index contributed by atoms with van der Waals surface area (Å²) < 4.78 is 5.36. The number of aliphatic hydroxyl groups is 1. The topological polar surface area (TPSA) is 84.6 Å².